The van der Waals surface area contributed by atoms with Crippen molar-refractivity contribution in [3.8, 4) is 17.1 Å². The molecule has 2 rings (SSSR count). The van der Waals surface area contributed by atoms with Gasteiger partial charge in [0, 0.05) is 18.0 Å². The van der Waals surface area contributed by atoms with Crippen molar-refractivity contribution in [2.45, 2.75) is 25.7 Å². The molecule has 0 saturated heterocycles. The quantitative estimate of drug-likeness (QED) is 0.931. The smallest absolute Gasteiger partial charge is 0.461 e. The Bertz CT molecular complexity index is 576. The van der Waals surface area contributed by atoms with Gasteiger partial charge in [0.15, 0.2) is 0 Å². The second-order valence-corrected chi connectivity index (χ2v) is 4.52. The van der Waals surface area contributed by atoms with E-state index in [1.54, 1.807) is 18.2 Å². The Morgan fingerprint density at radius 2 is 2.00 bits per heavy atom. The molecule has 0 aliphatic carbocycles. The summed E-state index contributed by atoms with van der Waals surface area (Å²) in [6.07, 6.45) is -4.14. The van der Waals surface area contributed by atoms with Crippen LogP contribution in [0.1, 0.15) is 12.7 Å². The molecule has 108 valence electrons. The molecule has 0 amide bonds. The maximum Gasteiger partial charge on any atom is 0.573 e. The van der Waals surface area contributed by atoms with E-state index in [0.717, 1.165) is 0 Å². The number of halogens is 3. The van der Waals surface area contributed by atoms with E-state index < -0.39 is 6.36 Å². The fraction of sp³-hybridized carbons (Fsp3) is 0.286. The minimum absolute atomic E-state index is 0.0473. The molecule has 1 atom stereocenters. The summed E-state index contributed by atoms with van der Waals surface area (Å²) in [6, 6.07) is 9.06. The fourth-order valence-corrected chi connectivity index (χ4v) is 1.81. The van der Waals surface area contributed by atoms with Crippen LogP contribution in [0.4, 0.5) is 13.2 Å². The van der Waals surface area contributed by atoms with Gasteiger partial charge in [-0.15, -0.1) is 13.2 Å². The Hall–Kier alpha value is -1.95. The Labute approximate surface area is 114 Å². The molecule has 1 heterocycles. The molecule has 1 aromatic heterocycles. The highest BCUT2D eigenvalue weighted by Gasteiger charge is 2.31. The molecule has 0 aliphatic rings. The van der Waals surface area contributed by atoms with Crippen molar-refractivity contribution in [1.82, 2.24) is 0 Å². The fourth-order valence-electron chi connectivity index (χ4n) is 1.81. The van der Waals surface area contributed by atoms with Crippen molar-refractivity contribution in [3.05, 3.63) is 42.2 Å². The first-order chi connectivity index (χ1) is 9.33. The van der Waals surface area contributed by atoms with Crippen LogP contribution in [0.3, 0.4) is 0 Å². The summed E-state index contributed by atoms with van der Waals surface area (Å²) >= 11 is 0. The van der Waals surface area contributed by atoms with E-state index in [2.05, 4.69) is 4.74 Å². The van der Waals surface area contributed by atoms with Gasteiger partial charge in [0.05, 0.1) is 0 Å². The third-order valence-corrected chi connectivity index (χ3v) is 2.54. The van der Waals surface area contributed by atoms with Crippen LogP contribution in [0, 0.1) is 0 Å². The molecule has 6 heteroatoms. The number of hydrogen-bond donors (Lipinski definition) is 1. The number of benzene rings is 1. The molecule has 2 aromatic rings. The Morgan fingerprint density at radius 1 is 1.25 bits per heavy atom. The molecule has 0 saturated carbocycles. The predicted molar refractivity (Wildman–Crippen MR) is 68.2 cm³/mol. The third-order valence-electron chi connectivity index (χ3n) is 2.54. The lowest BCUT2D eigenvalue weighted by Gasteiger charge is -2.09. The molecule has 2 N–H and O–H groups in total. The predicted octanol–water partition coefficient (Wildman–Crippen LogP) is 3.73. The van der Waals surface area contributed by atoms with Crippen LogP contribution in [0.15, 0.2) is 40.8 Å². The van der Waals surface area contributed by atoms with Gasteiger partial charge in [-0.3, -0.25) is 0 Å². The molecule has 0 aliphatic heterocycles. The summed E-state index contributed by atoms with van der Waals surface area (Å²) in [5.41, 5.74) is 6.18. The zero-order valence-electron chi connectivity index (χ0n) is 10.8. The highest BCUT2D eigenvalue weighted by Crippen LogP contribution is 2.29. The lowest BCUT2D eigenvalue weighted by molar-refractivity contribution is -0.274. The van der Waals surface area contributed by atoms with E-state index >= 15 is 0 Å². The van der Waals surface area contributed by atoms with E-state index in [1.807, 2.05) is 6.92 Å². The van der Waals surface area contributed by atoms with Crippen LogP contribution in [-0.2, 0) is 6.42 Å². The summed E-state index contributed by atoms with van der Waals surface area (Å²) in [7, 11) is 0. The van der Waals surface area contributed by atoms with Gasteiger partial charge in [0.25, 0.3) is 0 Å². The molecular weight excluding hydrogens is 271 g/mol. The first kappa shape index (κ1) is 14.5. The highest BCUT2D eigenvalue weighted by atomic mass is 19.4. The summed E-state index contributed by atoms with van der Waals surface area (Å²) in [5.74, 6) is 0.894. The van der Waals surface area contributed by atoms with E-state index in [9.17, 15) is 13.2 Å². The van der Waals surface area contributed by atoms with Crippen molar-refractivity contribution < 1.29 is 22.3 Å². The molecule has 1 unspecified atom stereocenters. The summed E-state index contributed by atoms with van der Waals surface area (Å²) in [5, 5.41) is 0. The van der Waals surface area contributed by atoms with Gasteiger partial charge in [0.1, 0.15) is 17.3 Å². The summed E-state index contributed by atoms with van der Waals surface area (Å²) in [4.78, 5) is 0. The molecule has 0 spiro atoms. The zero-order valence-corrected chi connectivity index (χ0v) is 10.8. The van der Waals surface area contributed by atoms with E-state index in [-0.39, 0.29) is 11.8 Å². The first-order valence-electron chi connectivity index (χ1n) is 6.04. The number of hydrogen-bond acceptors (Lipinski definition) is 3. The van der Waals surface area contributed by atoms with Gasteiger partial charge < -0.3 is 14.9 Å². The van der Waals surface area contributed by atoms with E-state index in [1.165, 1.54) is 18.2 Å². The number of ether oxygens (including phenoxy) is 1. The highest BCUT2D eigenvalue weighted by molar-refractivity contribution is 5.59. The standard InChI is InChI=1S/C14H14F3NO2/c1-9(18)7-11-5-6-13(19-11)10-3-2-4-12(8-10)20-14(15,16)17/h2-6,8-9H,7,18H2,1H3. The van der Waals surface area contributed by atoms with Crippen LogP contribution in [0.25, 0.3) is 11.3 Å². The zero-order chi connectivity index (χ0) is 14.8. The SMILES string of the molecule is CC(N)Cc1ccc(-c2cccc(OC(F)(F)F)c2)o1. The number of alkyl halides is 3. The third kappa shape index (κ3) is 4.03. The second kappa shape index (κ2) is 5.58. The normalized spacial score (nSPS) is 13.2. The van der Waals surface area contributed by atoms with Gasteiger partial charge in [0.2, 0.25) is 0 Å². The topological polar surface area (TPSA) is 48.4 Å². The second-order valence-electron chi connectivity index (χ2n) is 4.52. The number of furan rings is 1. The van der Waals surface area contributed by atoms with Crippen molar-refractivity contribution in [2.24, 2.45) is 5.73 Å². The number of nitrogens with two attached hydrogens (primary N) is 1. The number of rotatable bonds is 4. The molecule has 20 heavy (non-hydrogen) atoms. The Kier molecular flexibility index (Phi) is 4.04. The summed E-state index contributed by atoms with van der Waals surface area (Å²) in [6.45, 7) is 1.85. The van der Waals surface area contributed by atoms with Crippen molar-refractivity contribution in [3.63, 3.8) is 0 Å². The molecule has 3 nitrogen and oxygen atoms in total. The van der Waals surface area contributed by atoms with E-state index in [4.69, 9.17) is 10.2 Å². The van der Waals surface area contributed by atoms with Crippen LogP contribution in [0.2, 0.25) is 0 Å². The lowest BCUT2D eigenvalue weighted by Crippen LogP contribution is -2.17. The average molecular weight is 285 g/mol. The van der Waals surface area contributed by atoms with Crippen molar-refractivity contribution >= 4 is 0 Å². The lowest BCUT2D eigenvalue weighted by atomic mass is 10.1. The average Bonchev–Trinajstić information content (AvgIpc) is 2.74. The largest absolute Gasteiger partial charge is 0.573 e. The van der Waals surface area contributed by atoms with Gasteiger partial charge in [-0.25, -0.2) is 0 Å². The molecule has 1 aromatic carbocycles. The Morgan fingerprint density at radius 3 is 2.65 bits per heavy atom. The van der Waals surface area contributed by atoms with Crippen LogP contribution in [0.5, 0.6) is 5.75 Å². The maximum atomic E-state index is 12.2. The van der Waals surface area contributed by atoms with Crippen LogP contribution >= 0.6 is 0 Å². The monoisotopic (exact) mass is 285 g/mol. The van der Waals surface area contributed by atoms with Crippen molar-refractivity contribution in [2.75, 3.05) is 0 Å². The van der Waals surface area contributed by atoms with Crippen LogP contribution < -0.4 is 10.5 Å². The molecule has 0 radical (unpaired) electrons. The molecular formula is C14H14F3NO2. The van der Waals surface area contributed by atoms with E-state index in [0.29, 0.717) is 23.5 Å². The molecule has 0 fully saturated rings. The minimum Gasteiger partial charge on any atom is -0.461 e. The minimum atomic E-state index is -4.71. The van der Waals surface area contributed by atoms with Gasteiger partial charge in [-0.05, 0) is 31.2 Å². The van der Waals surface area contributed by atoms with Gasteiger partial charge >= 0.3 is 6.36 Å². The van der Waals surface area contributed by atoms with Gasteiger partial charge in [-0.1, -0.05) is 12.1 Å². The first-order valence-corrected chi connectivity index (χ1v) is 6.04. The van der Waals surface area contributed by atoms with Gasteiger partial charge in [-0.2, -0.15) is 0 Å². The molecule has 0 bridgehead atoms. The maximum absolute atomic E-state index is 12.2. The Balaban J connectivity index is 2.20. The van der Waals surface area contributed by atoms with Crippen molar-refractivity contribution in [1.29, 1.82) is 0 Å². The van der Waals surface area contributed by atoms with Crippen LogP contribution in [-0.4, -0.2) is 12.4 Å². The summed E-state index contributed by atoms with van der Waals surface area (Å²) < 4.78 is 45.9.